The fraction of sp³-hybridized carbons (Fsp3) is 0.833. The van der Waals surface area contributed by atoms with Crippen molar-refractivity contribution in [1.29, 1.82) is 0 Å². The van der Waals surface area contributed by atoms with Gasteiger partial charge in [0.2, 0.25) is 6.39 Å². The van der Waals surface area contributed by atoms with Gasteiger partial charge in [-0.3, -0.25) is 0 Å². The molecule has 0 spiro atoms. The normalized spacial score (nSPS) is 10.8. The molecule has 4 nitrogen and oxygen atoms in total. The lowest BCUT2D eigenvalue weighted by atomic mass is 10.1. The number of unbranched alkanes of at least 4 members (excludes halogenated alkanes) is 6. The van der Waals surface area contributed by atoms with Crippen molar-refractivity contribution in [3.05, 3.63) is 12.2 Å². The highest BCUT2D eigenvalue weighted by Crippen LogP contribution is 2.06. The molecule has 0 bridgehead atoms. The second-order valence-electron chi connectivity index (χ2n) is 4.15. The maximum atomic E-state index is 4.65. The van der Waals surface area contributed by atoms with Gasteiger partial charge in [0.05, 0.1) is 6.54 Å². The van der Waals surface area contributed by atoms with Gasteiger partial charge in [-0.15, -0.1) is 0 Å². The summed E-state index contributed by atoms with van der Waals surface area (Å²) in [5.74, 6) is 0.739. The van der Waals surface area contributed by atoms with Crippen LogP contribution in [0.25, 0.3) is 0 Å². The van der Waals surface area contributed by atoms with E-state index in [1.54, 1.807) is 0 Å². The molecule has 4 heteroatoms. The Morgan fingerprint density at radius 3 is 2.56 bits per heavy atom. The molecule has 1 aromatic rings. The van der Waals surface area contributed by atoms with Crippen LogP contribution in [0.15, 0.2) is 10.9 Å². The fourth-order valence-corrected chi connectivity index (χ4v) is 1.68. The van der Waals surface area contributed by atoms with Crippen molar-refractivity contribution in [3.8, 4) is 0 Å². The Bertz CT molecular complexity index is 236. The molecule has 1 rings (SSSR count). The second-order valence-corrected chi connectivity index (χ2v) is 4.15. The SMILES string of the molecule is CCCCCCCCCNCc1ncon1. The topological polar surface area (TPSA) is 51.0 Å². The zero-order chi connectivity index (χ0) is 11.5. The van der Waals surface area contributed by atoms with Gasteiger partial charge < -0.3 is 9.84 Å². The van der Waals surface area contributed by atoms with E-state index in [1.807, 2.05) is 0 Å². The first-order valence-corrected chi connectivity index (χ1v) is 6.39. The largest absolute Gasteiger partial charge is 0.343 e. The maximum absolute atomic E-state index is 4.65. The average Bonchev–Trinajstić information content (AvgIpc) is 2.80. The minimum absolute atomic E-state index is 0.715. The summed E-state index contributed by atoms with van der Waals surface area (Å²) in [6.07, 6.45) is 10.8. The Kier molecular flexibility index (Phi) is 7.68. The first-order chi connectivity index (χ1) is 7.93. The molecule has 0 aliphatic rings. The highest BCUT2D eigenvalue weighted by Gasteiger charge is 1.96. The predicted molar refractivity (Wildman–Crippen MR) is 64.0 cm³/mol. The zero-order valence-electron chi connectivity index (χ0n) is 10.2. The van der Waals surface area contributed by atoms with E-state index in [9.17, 15) is 0 Å². The monoisotopic (exact) mass is 225 g/mol. The van der Waals surface area contributed by atoms with Crippen molar-refractivity contribution in [2.75, 3.05) is 6.54 Å². The molecule has 0 fully saturated rings. The van der Waals surface area contributed by atoms with E-state index in [-0.39, 0.29) is 0 Å². The molecule has 0 saturated carbocycles. The van der Waals surface area contributed by atoms with Crippen molar-refractivity contribution < 1.29 is 4.52 Å². The van der Waals surface area contributed by atoms with Crippen LogP contribution in [0.5, 0.6) is 0 Å². The van der Waals surface area contributed by atoms with Gasteiger partial charge >= 0.3 is 0 Å². The molecular weight excluding hydrogens is 202 g/mol. The van der Waals surface area contributed by atoms with Gasteiger partial charge in [-0.25, -0.2) is 0 Å². The van der Waals surface area contributed by atoms with Gasteiger partial charge in [0.25, 0.3) is 0 Å². The van der Waals surface area contributed by atoms with Gasteiger partial charge in [-0.1, -0.05) is 50.6 Å². The number of hydrogen-bond donors (Lipinski definition) is 1. The Balaban J connectivity index is 1.78. The van der Waals surface area contributed by atoms with E-state index in [1.165, 1.54) is 51.3 Å². The third-order valence-electron chi connectivity index (χ3n) is 2.65. The highest BCUT2D eigenvalue weighted by molar-refractivity contribution is 4.75. The van der Waals surface area contributed by atoms with Crippen LogP contribution in [-0.4, -0.2) is 16.7 Å². The lowest BCUT2D eigenvalue weighted by Gasteiger charge is -2.02. The number of nitrogens with one attached hydrogen (secondary N) is 1. The molecular formula is C12H23N3O. The Labute approximate surface area is 97.8 Å². The van der Waals surface area contributed by atoms with Crippen LogP contribution in [0.1, 0.15) is 57.7 Å². The van der Waals surface area contributed by atoms with E-state index >= 15 is 0 Å². The van der Waals surface area contributed by atoms with E-state index in [0.29, 0.717) is 6.54 Å². The Hall–Kier alpha value is -0.900. The van der Waals surface area contributed by atoms with Crippen LogP contribution in [0.3, 0.4) is 0 Å². The first-order valence-electron chi connectivity index (χ1n) is 6.39. The van der Waals surface area contributed by atoms with Crippen LogP contribution < -0.4 is 5.32 Å². The number of aromatic nitrogens is 2. The second kappa shape index (κ2) is 9.33. The van der Waals surface area contributed by atoms with Crippen LogP contribution >= 0.6 is 0 Å². The third-order valence-corrected chi connectivity index (χ3v) is 2.65. The molecule has 0 amide bonds. The molecule has 92 valence electrons. The van der Waals surface area contributed by atoms with E-state index in [4.69, 9.17) is 0 Å². The summed E-state index contributed by atoms with van der Waals surface area (Å²) in [5.41, 5.74) is 0. The highest BCUT2D eigenvalue weighted by atomic mass is 16.5. The molecule has 16 heavy (non-hydrogen) atoms. The molecule has 0 atom stereocenters. The van der Waals surface area contributed by atoms with Crippen molar-refractivity contribution >= 4 is 0 Å². The summed E-state index contributed by atoms with van der Waals surface area (Å²) < 4.78 is 4.65. The van der Waals surface area contributed by atoms with Gasteiger partial charge in [-0.2, -0.15) is 4.98 Å². The molecule has 0 radical (unpaired) electrons. The van der Waals surface area contributed by atoms with E-state index in [2.05, 4.69) is 26.9 Å². The van der Waals surface area contributed by atoms with Crippen molar-refractivity contribution in [3.63, 3.8) is 0 Å². The maximum Gasteiger partial charge on any atom is 0.213 e. The lowest BCUT2D eigenvalue weighted by Crippen LogP contribution is -2.15. The van der Waals surface area contributed by atoms with Crippen LogP contribution in [0.4, 0.5) is 0 Å². The summed E-state index contributed by atoms with van der Waals surface area (Å²) in [5, 5.41) is 7.04. The summed E-state index contributed by atoms with van der Waals surface area (Å²) in [4.78, 5) is 3.94. The van der Waals surface area contributed by atoms with Gasteiger partial charge in [0.1, 0.15) is 0 Å². The first kappa shape index (κ1) is 13.2. The van der Waals surface area contributed by atoms with Crippen molar-refractivity contribution in [2.45, 2.75) is 58.4 Å². The van der Waals surface area contributed by atoms with E-state index < -0.39 is 0 Å². The lowest BCUT2D eigenvalue weighted by molar-refractivity contribution is 0.407. The predicted octanol–water partition coefficient (Wildman–Crippen LogP) is 2.91. The Morgan fingerprint density at radius 1 is 1.12 bits per heavy atom. The number of hydrogen-bond acceptors (Lipinski definition) is 4. The molecule has 1 N–H and O–H groups in total. The van der Waals surface area contributed by atoms with Crippen LogP contribution in [-0.2, 0) is 6.54 Å². The van der Waals surface area contributed by atoms with Crippen LogP contribution in [0, 0.1) is 0 Å². The van der Waals surface area contributed by atoms with Gasteiger partial charge in [-0.05, 0) is 13.0 Å². The van der Waals surface area contributed by atoms with E-state index in [0.717, 1.165) is 12.4 Å². The molecule has 0 aliphatic carbocycles. The minimum atomic E-state index is 0.715. The standard InChI is InChI=1S/C12H23N3O/c1-2-3-4-5-6-7-8-9-13-10-12-14-11-16-15-12/h11,13H,2-10H2,1H3. The fourth-order valence-electron chi connectivity index (χ4n) is 1.68. The van der Waals surface area contributed by atoms with Crippen LogP contribution in [0.2, 0.25) is 0 Å². The molecule has 1 heterocycles. The molecule has 0 saturated heterocycles. The van der Waals surface area contributed by atoms with Gasteiger partial charge in [0, 0.05) is 0 Å². The molecule has 0 unspecified atom stereocenters. The molecule has 0 aromatic carbocycles. The quantitative estimate of drug-likeness (QED) is 0.622. The average molecular weight is 225 g/mol. The van der Waals surface area contributed by atoms with Crippen molar-refractivity contribution in [1.82, 2.24) is 15.5 Å². The summed E-state index contributed by atoms with van der Waals surface area (Å²) in [7, 11) is 0. The smallest absolute Gasteiger partial charge is 0.213 e. The summed E-state index contributed by atoms with van der Waals surface area (Å²) >= 11 is 0. The number of nitrogens with zero attached hydrogens (tertiary/aromatic N) is 2. The number of rotatable bonds is 10. The zero-order valence-corrected chi connectivity index (χ0v) is 10.2. The van der Waals surface area contributed by atoms with Crippen molar-refractivity contribution in [2.24, 2.45) is 0 Å². The Morgan fingerprint density at radius 2 is 1.88 bits per heavy atom. The minimum Gasteiger partial charge on any atom is -0.343 e. The molecule has 1 aromatic heterocycles. The third kappa shape index (κ3) is 6.56. The van der Waals surface area contributed by atoms with Gasteiger partial charge in [0.15, 0.2) is 5.82 Å². The molecule has 0 aliphatic heterocycles. The summed E-state index contributed by atoms with van der Waals surface area (Å²) in [6, 6.07) is 0. The summed E-state index contributed by atoms with van der Waals surface area (Å²) in [6.45, 7) is 4.01.